The fourth-order valence-corrected chi connectivity index (χ4v) is 1.55. The first-order valence-corrected chi connectivity index (χ1v) is 4.76. The van der Waals surface area contributed by atoms with Crippen LogP contribution in [0.15, 0.2) is 0 Å². The Morgan fingerprint density at radius 3 is 3.08 bits per heavy atom. The number of nitrogens with zero attached hydrogens (tertiary/aromatic N) is 1. The highest BCUT2D eigenvalue weighted by molar-refractivity contribution is 6.27. The Morgan fingerprint density at radius 1 is 1.75 bits per heavy atom. The van der Waals surface area contributed by atoms with Crippen LogP contribution < -0.4 is 0 Å². The minimum absolute atomic E-state index is 0.0202. The van der Waals surface area contributed by atoms with Crippen LogP contribution in [-0.4, -0.2) is 42.5 Å². The van der Waals surface area contributed by atoms with E-state index in [0.29, 0.717) is 19.8 Å². The lowest BCUT2D eigenvalue weighted by Crippen LogP contribution is -2.48. The summed E-state index contributed by atoms with van der Waals surface area (Å²) in [5.74, 6) is 0.100. The number of carbonyl (C=O) groups excluding carboxylic acids is 1. The molecule has 0 radical (unpaired) electrons. The second-order valence-electron chi connectivity index (χ2n) is 2.86. The van der Waals surface area contributed by atoms with Crippen molar-refractivity contribution < 1.29 is 9.53 Å². The molecule has 1 fully saturated rings. The molecule has 0 aromatic rings. The van der Waals surface area contributed by atoms with Gasteiger partial charge in [0.1, 0.15) is 5.88 Å². The Labute approximate surface area is 77.6 Å². The average Bonchev–Trinajstić information content (AvgIpc) is 2.16. The van der Waals surface area contributed by atoms with Crippen LogP contribution in [0.1, 0.15) is 13.3 Å². The third kappa shape index (κ3) is 2.11. The Hall–Kier alpha value is -0.280. The van der Waals surface area contributed by atoms with E-state index in [-0.39, 0.29) is 17.8 Å². The van der Waals surface area contributed by atoms with Gasteiger partial charge in [0.15, 0.2) is 0 Å². The number of hydrogen-bond donors (Lipinski definition) is 0. The molecule has 1 saturated heterocycles. The molecule has 0 aromatic heterocycles. The van der Waals surface area contributed by atoms with Gasteiger partial charge in [-0.2, -0.15) is 0 Å². The summed E-state index contributed by atoms with van der Waals surface area (Å²) in [4.78, 5) is 13.1. The molecule has 12 heavy (non-hydrogen) atoms. The van der Waals surface area contributed by atoms with Gasteiger partial charge in [-0.15, -0.1) is 11.6 Å². The van der Waals surface area contributed by atoms with E-state index < -0.39 is 0 Å². The number of rotatable bonds is 2. The van der Waals surface area contributed by atoms with Gasteiger partial charge in [-0.3, -0.25) is 4.79 Å². The summed E-state index contributed by atoms with van der Waals surface area (Å²) in [5, 5.41) is 0. The van der Waals surface area contributed by atoms with E-state index in [1.807, 2.05) is 11.8 Å². The van der Waals surface area contributed by atoms with Crippen LogP contribution in [-0.2, 0) is 9.53 Å². The maximum atomic E-state index is 11.3. The molecule has 70 valence electrons. The van der Waals surface area contributed by atoms with Crippen LogP contribution in [0.4, 0.5) is 0 Å². The van der Waals surface area contributed by atoms with Gasteiger partial charge in [-0.05, 0) is 6.42 Å². The lowest BCUT2D eigenvalue weighted by Gasteiger charge is -2.34. The summed E-state index contributed by atoms with van der Waals surface area (Å²) < 4.78 is 5.26. The second kappa shape index (κ2) is 4.67. The minimum Gasteiger partial charge on any atom is -0.377 e. The lowest BCUT2D eigenvalue weighted by molar-refractivity contribution is -0.137. The van der Waals surface area contributed by atoms with Crippen LogP contribution in [0.5, 0.6) is 0 Å². The van der Waals surface area contributed by atoms with E-state index >= 15 is 0 Å². The summed E-state index contributed by atoms with van der Waals surface area (Å²) in [6, 6.07) is 0.227. The summed E-state index contributed by atoms with van der Waals surface area (Å²) in [5.41, 5.74) is 0. The molecule has 0 aliphatic carbocycles. The Bertz CT molecular complexity index is 163. The summed E-state index contributed by atoms with van der Waals surface area (Å²) >= 11 is 5.48. The Morgan fingerprint density at radius 2 is 2.50 bits per heavy atom. The molecule has 1 unspecified atom stereocenters. The van der Waals surface area contributed by atoms with Crippen molar-refractivity contribution in [1.82, 2.24) is 4.90 Å². The van der Waals surface area contributed by atoms with Gasteiger partial charge in [0.2, 0.25) is 5.91 Å². The first-order valence-electron chi connectivity index (χ1n) is 4.22. The number of ether oxygens (including phenoxy) is 1. The molecule has 0 saturated carbocycles. The van der Waals surface area contributed by atoms with Crippen molar-refractivity contribution in [3.8, 4) is 0 Å². The second-order valence-corrected chi connectivity index (χ2v) is 3.13. The zero-order valence-corrected chi connectivity index (χ0v) is 8.01. The molecular formula is C8H14ClNO2. The van der Waals surface area contributed by atoms with Gasteiger partial charge in [0.25, 0.3) is 0 Å². The van der Waals surface area contributed by atoms with Crippen LogP contribution in [0, 0.1) is 0 Å². The number of halogens is 1. The topological polar surface area (TPSA) is 29.5 Å². The van der Waals surface area contributed by atoms with Gasteiger partial charge in [-0.1, -0.05) is 6.92 Å². The molecule has 1 rings (SSSR count). The Balaban J connectivity index is 2.52. The SMILES string of the molecule is CCC1COCCN1C(=O)CCl. The molecule has 0 spiro atoms. The maximum absolute atomic E-state index is 11.3. The van der Waals surface area contributed by atoms with Crippen molar-refractivity contribution in [3.63, 3.8) is 0 Å². The number of carbonyl (C=O) groups is 1. The lowest BCUT2D eigenvalue weighted by atomic mass is 10.2. The number of alkyl halides is 1. The number of amides is 1. The molecular weight excluding hydrogens is 178 g/mol. The van der Waals surface area contributed by atoms with Crippen molar-refractivity contribution in [2.75, 3.05) is 25.6 Å². The quantitative estimate of drug-likeness (QED) is 0.606. The van der Waals surface area contributed by atoms with E-state index in [0.717, 1.165) is 6.42 Å². The molecule has 0 aromatic carbocycles. The molecule has 1 heterocycles. The molecule has 3 nitrogen and oxygen atoms in total. The fourth-order valence-electron chi connectivity index (χ4n) is 1.40. The van der Waals surface area contributed by atoms with Gasteiger partial charge >= 0.3 is 0 Å². The molecule has 1 atom stereocenters. The standard InChI is InChI=1S/C8H14ClNO2/c1-2-7-6-12-4-3-10(7)8(11)5-9/h7H,2-6H2,1H3. The molecule has 1 aliphatic heterocycles. The van der Waals surface area contributed by atoms with Crippen LogP contribution >= 0.6 is 11.6 Å². The van der Waals surface area contributed by atoms with E-state index in [1.165, 1.54) is 0 Å². The molecule has 1 aliphatic rings. The number of hydrogen-bond acceptors (Lipinski definition) is 2. The third-order valence-electron chi connectivity index (χ3n) is 2.13. The highest BCUT2D eigenvalue weighted by atomic mass is 35.5. The van der Waals surface area contributed by atoms with E-state index in [2.05, 4.69) is 0 Å². The predicted molar refractivity (Wildman–Crippen MR) is 47.3 cm³/mol. The van der Waals surface area contributed by atoms with Crippen LogP contribution in [0.3, 0.4) is 0 Å². The molecule has 0 bridgehead atoms. The highest BCUT2D eigenvalue weighted by Gasteiger charge is 2.24. The van der Waals surface area contributed by atoms with E-state index in [9.17, 15) is 4.79 Å². The van der Waals surface area contributed by atoms with E-state index in [1.54, 1.807) is 0 Å². The summed E-state index contributed by atoms with van der Waals surface area (Å²) in [6.45, 7) is 4.02. The van der Waals surface area contributed by atoms with Crippen molar-refractivity contribution in [2.24, 2.45) is 0 Å². The van der Waals surface area contributed by atoms with Crippen LogP contribution in [0.25, 0.3) is 0 Å². The van der Waals surface area contributed by atoms with Gasteiger partial charge in [0, 0.05) is 6.54 Å². The largest absolute Gasteiger partial charge is 0.377 e. The first kappa shape index (κ1) is 9.81. The predicted octanol–water partition coefficient (Wildman–Crippen LogP) is 0.863. The maximum Gasteiger partial charge on any atom is 0.237 e. The van der Waals surface area contributed by atoms with Gasteiger partial charge < -0.3 is 9.64 Å². The van der Waals surface area contributed by atoms with Gasteiger partial charge in [-0.25, -0.2) is 0 Å². The van der Waals surface area contributed by atoms with Crippen molar-refractivity contribution in [2.45, 2.75) is 19.4 Å². The monoisotopic (exact) mass is 191 g/mol. The average molecular weight is 192 g/mol. The third-order valence-corrected chi connectivity index (χ3v) is 2.36. The zero-order chi connectivity index (χ0) is 8.97. The molecule has 4 heteroatoms. The fraction of sp³-hybridized carbons (Fsp3) is 0.875. The number of morpholine rings is 1. The van der Waals surface area contributed by atoms with E-state index in [4.69, 9.17) is 16.3 Å². The smallest absolute Gasteiger partial charge is 0.237 e. The zero-order valence-electron chi connectivity index (χ0n) is 7.25. The summed E-state index contributed by atoms with van der Waals surface area (Å²) in [6.07, 6.45) is 0.933. The highest BCUT2D eigenvalue weighted by Crippen LogP contribution is 2.10. The van der Waals surface area contributed by atoms with Crippen molar-refractivity contribution in [3.05, 3.63) is 0 Å². The first-order chi connectivity index (χ1) is 5.79. The van der Waals surface area contributed by atoms with Gasteiger partial charge in [0.05, 0.1) is 19.3 Å². The molecule has 1 amide bonds. The van der Waals surface area contributed by atoms with Crippen molar-refractivity contribution >= 4 is 17.5 Å². The molecule has 0 N–H and O–H groups in total. The summed E-state index contributed by atoms with van der Waals surface area (Å²) in [7, 11) is 0. The normalized spacial score (nSPS) is 24.2. The van der Waals surface area contributed by atoms with Crippen LogP contribution in [0.2, 0.25) is 0 Å². The minimum atomic E-state index is 0.0202. The van der Waals surface area contributed by atoms with Crippen molar-refractivity contribution in [1.29, 1.82) is 0 Å². The Kier molecular flexibility index (Phi) is 3.82.